The van der Waals surface area contributed by atoms with E-state index in [-0.39, 0.29) is 5.75 Å². The van der Waals surface area contributed by atoms with E-state index in [0.29, 0.717) is 5.30 Å². The molecule has 1 atom stereocenters. The summed E-state index contributed by atoms with van der Waals surface area (Å²) >= 11 is 0. The lowest BCUT2D eigenvalue weighted by Crippen LogP contribution is -2.48. The van der Waals surface area contributed by atoms with E-state index in [1.54, 1.807) is 22.5 Å². The normalized spacial score (nSPS) is 13.1. The summed E-state index contributed by atoms with van der Waals surface area (Å²) in [4.78, 5) is 0. The fraction of sp³-hybridized carbons (Fsp3) is 0.631. The van der Waals surface area contributed by atoms with Crippen LogP contribution in [0, 0.1) is 0 Å². The van der Waals surface area contributed by atoms with Crippen molar-refractivity contribution in [2.24, 2.45) is 0 Å². The Morgan fingerprint density at radius 3 is 0.893 bits per heavy atom. The molecule has 10 heteroatoms. The number of hydrogen-bond acceptors (Lipinski definition) is 2. The minimum Gasteiger partial charge on any atom is -0.405 e. The second-order valence-electron chi connectivity index (χ2n) is 22.5. The summed E-state index contributed by atoms with van der Waals surface area (Å²) in [7, 11) is -8.18. The predicted octanol–water partition coefficient (Wildman–Crippen LogP) is 19.3. The van der Waals surface area contributed by atoms with Crippen molar-refractivity contribution in [3.05, 3.63) is 97.1 Å². The monoisotopic (exact) mass is 1120 g/mol. The average molecular weight is 1120 g/mol. The zero-order chi connectivity index (χ0) is 54.6. The number of para-hydroxylation sites is 1. The van der Waals surface area contributed by atoms with Crippen LogP contribution in [0.25, 0.3) is 0 Å². The molecule has 420 valence electrons. The minimum absolute atomic E-state index is 0.0722. The van der Waals surface area contributed by atoms with Crippen LogP contribution in [0.2, 0.25) is 54.4 Å². The molecular formula is C65H106F3NOP2Si3. The Morgan fingerprint density at radius 2 is 0.627 bits per heavy atom. The summed E-state index contributed by atoms with van der Waals surface area (Å²) in [6.07, 6.45) is 19.5. The molecule has 0 aliphatic rings. The molecule has 0 saturated carbocycles. The number of alkyl halides is 3. The van der Waals surface area contributed by atoms with Crippen LogP contribution >= 0.6 is 16.1 Å². The van der Waals surface area contributed by atoms with E-state index in [1.807, 2.05) is 12.1 Å². The lowest BCUT2D eigenvalue weighted by molar-refractivity contribution is -0.274. The molecule has 0 aliphatic carbocycles. The minimum atomic E-state index is -4.82. The van der Waals surface area contributed by atoms with Crippen LogP contribution in [0.5, 0.6) is 5.75 Å². The first-order valence-electron chi connectivity index (χ1n) is 30.9. The maximum atomic E-state index is 14.7. The number of hydrogen-bond donors (Lipinski definition) is 0. The number of rotatable bonds is 40. The standard InChI is InChI=1S/C65H106F3NOP2Si3/c1-11-21-47-69(72(64-34-32-31-33-63(64)70-65(66,67)68)59-39-45-62(46-40-59)75(54-28-18-8,55-29-19-9)56-30-20-10)71(57-35-41-60(42-36-57)73(48-22-12-2,49-23-13-3)50-24-14-4)58-37-43-61(44-38-58)74(51-25-15-5,52-26-16-6)53-27-17-7/h31-46H,11-30,47-56H2,1-10H3. The molecule has 0 bridgehead atoms. The van der Waals surface area contributed by atoms with E-state index >= 15 is 0 Å². The topological polar surface area (TPSA) is 12.5 Å². The van der Waals surface area contributed by atoms with Crippen molar-refractivity contribution >= 4 is 77.1 Å². The van der Waals surface area contributed by atoms with Crippen molar-refractivity contribution in [1.29, 1.82) is 0 Å². The van der Waals surface area contributed by atoms with Gasteiger partial charge in [-0.05, 0) is 34.5 Å². The summed E-state index contributed by atoms with van der Waals surface area (Å²) in [6.45, 7) is 24.1. The number of benzene rings is 4. The first-order chi connectivity index (χ1) is 36.3. The third-order valence-corrected chi connectivity index (χ3v) is 38.8. The quantitative estimate of drug-likeness (QED) is 0.0325. The average Bonchev–Trinajstić information content (AvgIpc) is 3.43. The van der Waals surface area contributed by atoms with Gasteiger partial charge >= 0.3 is 6.36 Å². The van der Waals surface area contributed by atoms with Gasteiger partial charge in [-0.2, -0.15) is 0 Å². The SMILES string of the molecule is CCCCN(P(c1ccc([Si](CCCC)(CCCC)CCCC)cc1)c1ccc([Si](CCCC)(CCCC)CCCC)cc1)P(c1ccc([Si](CCCC)(CCCC)CCCC)cc1)c1ccccc1OC(F)(F)F. The van der Waals surface area contributed by atoms with Crippen molar-refractivity contribution in [2.75, 3.05) is 6.54 Å². The zero-order valence-electron chi connectivity index (χ0n) is 49.3. The summed E-state index contributed by atoms with van der Waals surface area (Å²) in [5, 5.41) is 9.12. The van der Waals surface area contributed by atoms with Gasteiger partial charge in [0.2, 0.25) is 0 Å². The van der Waals surface area contributed by atoms with Gasteiger partial charge in [0.15, 0.2) is 0 Å². The molecule has 0 saturated heterocycles. The number of ether oxygens (including phenoxy) is 1. The lowest BCUT2D eigenvalue weighted by atomic mass is 10.3. The molecule has 0 N–H and O–H groups in total. The second kappa shape index (κ2) is 34.8. The molecular weight excluding hydrogens is 1010 g/mol. The van der Waals surface area contributed by atoms with E-state index in [2.05, 4.69) is 146 Å². The highest BCUT2D eigenvalue weighted by atomic mass is 31.2. The van der Waals surface area contributed by atoms with Crippen molar-refractivity contribution in [3.8, 4) is 5.75 Å². The zero-order valence-corrected chi connectivity index (χ0v) is 54.1. The summed E-state index contributed by atoms with van der Waals surface area (Å²) in [6, 6.07) is 48.9. The molecule has 0 heterocycles. The number of unbranched alkanes of at least 4 members (excludes halogenated alkanes) is 10. The number of halogens is 3. The van der Waals surface area contributed by atoms with E-state index in [9.17, 15) is 13.2 Å². The van der Waals surface area contributed by atoms with Gasteiger partial charge in [-0.1, -0.05) is 346 Å². The van der Waals surface area contributed by atoms with Crippen molar-refractivity contribution < 1.29 is 17.9 Å². The van der Waals surface area contributed by atoms with Crippen molar-refractivity contribution in [3.63, 3.8) is 0 Å². The highest BCUT2D eigenvalue weighted by molar-refractivity contribution is 7.84. The van der Waals surface area contributed by atoms with E-state index in [0.717, 1.165) is 24.7 Å². The molecule has 0 spiro atoms. The van der Waals surface area contributed by atoms with Gasteiger partial charge in [-0.3, -0.25) is 0 Å². The Morgan fingerprint density at radius 1 is 0.360 bits per heavy atom. The first kappa shape index (κ1) is 65.5. The Kier molecular flexibility index (Phi) is 30.4. The van der Waals surface area contributed by atoms with Crippen LogP contribution in [0.4, 0.5) is 13.2 Å². The summed E-state index contributed by atoms with van der Waals surface area (Å²) in [5.74, 6) is -0.0722. The molecule has 0 radical (unpaired) electrons. The van der Waals surface area contributed by atoms with E-state index in [1.165, 1.54) is 186 Å². The van der Waals surface area contributed by atoms with Gasteiger partial charge in [-0.15, -0.1) is 13.2 Å². The maximum Gasteiger partial charge on any atom is 0.573 e. The van der Waals surface area contributed by atoms with Gasteiger partial charge in [0.25, 0.3) is 0 Å². The van der Waals surface area contributed by atoms with E-state index < -0.39 is 46.7 Å². The third kappa shape index (κ3) is 19.3. The molecule has 0 aromatic heterocycles. The highest BCUT2D eigenvalue weighted by Crippen LogP contribution is 2.56. The predicted molar refractivity (Wildman–Crippen MR) is 340 cm³/mol. The first-order valence-corrected chi connectivity index (χ1v) is 41.3. The van der Waals surface area contributed by atoms with Crippen LogP contribution in [-0.4, -0.2) is 41.6 Å². The van der Waals surface area contributed by atoms with E-state index in [4.69, 9.17) is 4.74 Å². The van der Waals surface area contributed by atoms with Crippen molar-refractivity contribution in [1.82, 2.24) is 4.44 Å². The second-order valence-corrected chi connectivity index (χ2v) is 41.0. The van der Waals surface area contributed by atoms with Crippen LogP contribution in [-0.2, 0) is 0 Å². The Labute approximate surface area is 464 Å². The molecule has 4 aromatic rings. The molecule has 0 fully saturated rings. The Balaban J connectivity index is 2.14. The van der Waals surface area contributed by atoms with Gasteiger partial charge in [0, 0.05) is 28.0 Å². The number of nitrogens with zero attached hydrogens (tertiary/aromatic N) is 1. The van der Waals surface area contributed by atoms with Gasteiger partial charge in [0.05, 0.1) is 24.2 Å². The fourth-order valence-electron chi connectivity index (χ4n) is 12.2. The molecule has 1 unspecified atom stereocenters. The largest absolute Gasteiger partial charge is 0.573 e. The Bertz CT molecular complexity index is 1980. The van der Waals surface area contributed by atoms with Gasteiger partial charge in [-0.25, -0.2) is 4.44 Å². The maximum absolute atomic E-state index is 14.7. The lowest BCUT2D eigenvalue weighted by Gasteiger charge is -2.40. The van der Waals surface area contributed by atoms with Gasteiger partial charge in [0.1, 0.15) is 5.75 Å². The Hall–Kier alpha value is -2.06. The third-order valence-electron chi connectivity index (χ3n) is 16.7. The smallest absolute Gasteiger partial charge is 0.405 e. The summed E-state index contributed by atoms with van der Waals surface area (Å²) < 4.78 is 51.9. The molecule has 4 rings (SSSR count). The molecule has 0 aliphatic heterocycles. The molecule has 0 amide bonds. The van der Waals surface area contributed by atoms with Crippen LogP contribution in [0.15, 0.2) is 97.1 Å². The van der Waals surface area contributed by atoms with Crippen LogP contribution in [0.1, 0.15) is 198 Å². The molecule has 75 heavy (non-hydrogen) atoms. The fourth-order valence-corrected chi connectivity index (χ4v) is 35.0. The highest BCUT2D eigenvalue weighted by Gasteiger charge is 2.40. The van der Waals surface area contributed by atoms with Crippen LogP contribution in [0.3, 0.4) is 0 Å². The van der Waals surface area contributed by atoms with Crippen molar-refractivity contribution in [2.45, 2.75) is 258 Å². The summed E-state index contributed by atoms with van der Waals surface area (Å²) in [5.41, 5.74) is 0. The van der Waals surface area contributed by atoms with Gasteiger partial charge < -0.3 is 4.74 Å². The van der Waals surface area contributed by atoms with Crippen LogP contribution < -0.4 is 41.5 Å². The molecule has 4 aromatic carbocycles. The molecule has 2 nitrogen and oxygen atoms in total.